The van der Waals surface area contributed by atoms with E-state index in [0.29, 0.717) is 13.0 Å². The lowest BCUT2D eigenvalue weighted by atomic mass is 10.0. The minimum Gasteiger partial charge on any atom is -0.462 e. The zero-order valence-corrected chi connectivity index (χ0v) is 16.7. The highest BCUT2D eigenvalue weighted by molar-refractivity contribution is 5.85. The minimum atomic E-state index is -0.685. The maximum absolute atomic E-state index is 12.3. The van der Waals surface area contributed by atoms with E-state index < -0.39 is 17.7 Å². The number of rotatable bonds is 8. The lowest BCUT2D eigenvalue weighted by Gasteiger charge is -2.25. The van der Waals surface area contributed by atoms with Gasteiger partial charge in [0.15, 0.2) is 0 Å². The molecule has 0 unspecified atom stereocenters. The van der Waals surface area contributed by atoms with E-state index in [1.807, 2.05) is 13.8 Å². The van der Waals surface area contributed by atoms with E-state index in [2.05, 4.69) is 10.6 Å². The second-order valence-corrected chi connectivity index (χ2v) is 8.16. The zero-order chi connectivity index (χ0) is 19.7. The molecule has 7 nitrogen and oxygen atoms in total. The van der Waals surface area contributed by atoms with Crippen molar-refractivity contribution < 1.29 is 23.9 Å². The molecule has 1 saturated carbocycles. The molecule has 150 valence electrons. The molecule has 0 spiro atoms. The van der Waals surface area contributed by atoms with Gasteiger partial charge in [-0.1, -0.05) is 13.8 Å². The fourth-order valence-corrected chi connectivity index (χ4v) is 2.77. The molecule has 7 heteroatoms. The first-order valence-electron chi connectivity index (χ1n) is 9.55. The normalized spacial score (nSPS) is 16.2. The van der Waals surface area contributed by atoms with Gasteiger partial charge in [-0.15, -0.1) is 0 Å². The lowest BCUT2D eigenvalue weighted by molar-refractivity contribution is -0.148. The second kappa shape index (κ2) is 10.4. The highest BCUT2D eigenvalue weighted by Gasteiger charge is 2.26. The number of amides is 2. The van der Waals surface area contributed by atoms with E-state index in [-0.39, 0.29) is 30.3 Å². The molecule has 0 aromatic rings. The number of hydrogen-bond donors (Lipinski definition) is 2. The Morgan fingerprint density at radius 2 is 1.73 bits per heavy atom. The zero-order valence-electron chi connectivity index (χ0n) is 16.7. The largest absolute Gasteiger partial charge is 0.462 e. The predicted octanol–water partition coefficient (Wildman–Crippen LogP) is 2.92. The van der Waals surface area contributed by atoms with Crippen LogP contribution < -0.4 is 10.6 Å². The Morgan fingerprint density at radius 3 is 2.27 bits per heavy atom. The SMILES string of the molecule is CC(C)[C@H](NC(=O)OC(C)(C)C)C(=O)NCCCC(=O)OC1CCCC1. The van der Waals surface area contributed by atoms with Crippen LogP contribution in [0.2, 0.25) is 0 Å². The molecular formula is C19H34N2O5. The quantitative estimate of drug-likeness (QED) is 0.506. The van der Waals surface area contributed by atoms with E-state index in [0.717, 1.165) is 25.7 Å². The van der Waals surface area contributed by atoms with Gasteiger partial charge in [0.1, 0.15) is 17.7 Å². The highest BCUT2D eigenvalue weighted by Crippen LogP contribution is 2.21. The first kappa shape index (κ1) is 22.3. The molecule has 0 aromatic carbocycles. The molecule has 0 aromatic heterocycles. The number of nitrogens with one attached hydrogen (secondary N) is 2. The van der Waals surface area contributed by atoms with Gasteiger partial charge in [-0.25, -0.2) is 4.79 Å². The van der Waals surface area contributed by atoms with Gasteiger partial charge in [0.2, 0.25) is 5.91 Å². The predicted molar refractivity (Wildman–Crippen MR) is 98.6 cm³/mol. The molecule has 1 rings (SSSR count). The van der Waals surface area contributed by atoms with Crippen molar-refractivity contribution in [3.63, 3.8) is 0 Å². The molecule has 0 aliphatic heterocycles. The van der Waals surface area contributed by atoms with Gasteiger partial charge in [0.05, 0.1) is 0 Å². The molecule has 2 N–H and O–H groups in total. The fraction of sp³-hybridized carbons (Fsp3) is 0.842. The molecule has 0 radical (unpaired) electrons. The Bertz CT molecular complexity index is 479. The van der Waals surface area contributed by atoms with Crippen molar-refractivity contribution in [2.75, 3.05) is 6.54 Å². The summed E-state index contributed by atoms with van der Waals surface area (Å²) in [6, 6.07) is -0.685. The van der Waals surface area contributed by atoms with Gasteiger partial charge in [-0.05, 0) is 58.8 Å². The molecule has 2 amide bonds. The average Bonchev–Trinajstić information content (AvgIpc) is 2.99. The molecule has 26 heavy (non-hydrogen) atoms. The summed E-state index contributed by atoms with van der Waals surface area (Å²) in [6.07, 6.45) is 4.39. The maximum Gasteiger partial charge on any atom is 0.408 e. The van der Waals surface area contributed by atoms with Gasteiger partial charge in [-0.2, -0.15) is 0 Å². The monoisotopic (exact) mass is 370 g/mol. The third-order valence-corrected chi connectivity index (χ3v) is 4.08. The molecule has 1 fully saturated rings. The van der Waals surface area contributed by atoms with Crippen molar-refractivity contribution >= 4 is 18.0 Å². The molecular weight excluding hydrogens is 336 g/mol. The second-order valence-electron chi connectivity index (χ2n) is 8.16. The summed E-state index contributed by atoms with van der Waals surface area (Å²) in [4.78, 5) is 36.0. The van der Waals surface area contributed by atoms with Crippen molar-refractivity contribution in [1.82, 2.24) is 10.6 Å². The van der Waals surface area contributed by atoms with Crippen LogP contribution in [0.15, 0.2) is 0 Å². The number of esters is 1. The molecule has 0 bridgehead atoms. The van der Waals surface area contributed by atoms with Crippen LogP contribution in [0.25, 0.3) is 0 Å². The van der Waals surface area contributed by atoms with Crippen LogP contribution in [-0.4, -0.2) is 42.3 Å². The Kier molecular flexibility index (Phi) is 8.88. The van der Waals surface area contributed by atoms with Crippen LogP contribution in [0, 0.1) is 5.92 Å². The Labute approximate surface area is 156 Å². The summed E-state index contributed by atoms with van der Waals surface area (Å²) in [5, 5.41) is 5.37. The van der Waals surface area contributed by atoms with Crippen molar-refractivity contribution in [3.8, 4) is 0 Å². The number of alkyl carbamates (subject to hydrolysis) is 1. The van der Waals surface area contributed by atoms with Gasteiger partial charge < -0.3 is 20.1 Å². The third kappa shape index (κ3) is 9.06. The fourth-order valence-electron chi connectivity index (χ4n) is 2.77. The van der Waals surface area contributed by atoms with Crippen LogP contribution in [0.4, 0.5) is 4.79 Å². The maximum atomic E-state index is 12.3. The van der Waals surface area contributed by atoms with Crippen LogP contribution in [0.3, 0.4) is 0 Å². The smallest absolute Gasteiger partial charge is 0.408 e. The lowest BCUT2D eigenvalue weighted by Crippen LogP contribution is -2.51. The molecule has 0 heterocycles. The Balaban J connectivity index is 2.31. The first-order valence-corrected chi connectivity index (χ1v) is 9.55. The van der Waals surface area contributed by atoms with Crippen molar-refractivity contribution in [1.29, 1.82) is 0 Å². The van der Waals surface area contributed by atoms with Crippen LogP contribution in [-0.2, 0) is 19.1 Å². The van der Waals surface area contributed by atoms with E-state index in [4.69, 9.17) is 9.47 Å². The topological polar surface area (TPSA) is 93.7 Å². The van der Waals surface area contributed by atoms with Gasteiger partial charge >= 0.3 is 12.1 Å². The standard InChI is InChI=1S/C19H34N2O5/c1-13(2)16(21-18(24)26-19(3,4)5)17(23)20-12-8-11-15(22)25-14-9-6-7-10-14/h13-14,16H,6-12H2,1-5H3,(H,20,23)(H,21,24)/t16-/m0/s1. The van der Waals surface area contributed by atoms with Gasteiger partial charge in [0.25, 0.3) is 0 Å². The molecule has 1 aliphatic rings. The van der Waals surface area contributed by atoms with Crippen molar-refractivity contribution in [2.24, 2.45) is 5.92 Å². The summed E-state index contributed by atoms with van der Waals surface area (Å²) in [6.45, 7) is 9.35. The van der Waals surface area contributed by atoms with Crippen LogP contribution in [0.5, 0.6) is 0 Å². The van der Waals surface area contributed by atoms with Crippen LogP contribution >= 0.6 is 0 Å². The minimum absolute atomic E-state index is 0.0699. The molecule has 1 aliphatic carbocycles. The van der Waals surface area contributed by atoms with E-state index >= 15 is 0 Å². The summed E-state index contributed by atoms with van der Waals surface area (Å²) in [7, 11) is 0. The number of ether oxygens (including phenoxy) is 2. The van der Waals surface area contributed by atoms with Gasteiger partial charge in [-0.3, -0.25) is 9.59 Å². The summed E-state index contributed by atoms with van der Waals surface area (Å²) < 4.78 is 10.6. The Morgan fingerprint density at radius 1 is 1.12 bits per heavy atom. The Hall–Kier alpha value is -1.79. The van der Waals surface area contributed by atoms with E-state index in [1.54, 1.807) is 20.8 Å². The van der Waals surface area contributed by atoms with Crippen molar-refractivity contribution in [2.45, 2.75) is 90.9 Å². The van der Waals surface area contributed by atoms with E-state index in [9.17, 15) is 14.4 Å². The summed E-state index contributed by atoms with van der Waals surface area (Å²) in [5.74, 6) is -0.580. The van der Waals surface area contributed by atoms with Crippen LogP contribution in [0.1, 0.15) is 73.1 Å². The molecule has 0 saturated heterocycles. The van der Waals surface area contributed by atoms with E-state index in [1.165, 1.54) is 0 Å². The molecule has 1 atom stereocenters. The number of hydrogen-bond acceptors (Lipinski definition) is 5. The number of carbonyl (C=O) groups is 3. The summed E-state index contributed by atoms with van der Waals surface area (Å²) >= 11 is 0. The third-order valence-electron chi connectivity index (χ3n) is 4.08. The average molecular weight is 370 g/mol. The highest BCUT2D eigenvalue weighted by atomic mass is 16.6. The first-order chi connectivity index (χ1) is 12.1. The number of carbonyl (C=O) groups excluding carboxylic acids is 3. The van der Waals surface area contributed by atoms with Gasteiger partial charge in [0, 0.05) is 13.0 Å². The summed E-state index contributed by atoms with van der Waals surface area (Å²) in [5.41, 5.74) is -0.623. The van der Waals surface area contributed by atoms with Crippen molar-refractivity contribution in [3.05, 3.63) is 0 Å².